The van der Waals surface area contributed by atoms with Gasteiger partial charge in [-0.05, 0) is 38.8 Å². The zero-order valence-electron chi connectivity index (χ0n) is 15.2. The highest BCUT2D eigenvalue weighted by atomic mass is 32.1. The van der Waals surface area contributed by atoms with Gasteiger partial charge < -0.3 is 10.4 Å². The monoisotopic (exact) mass is 389 g/mol. The molecule has 0 radical (unpaired) electrons. The summed E-state index contributed by atoms with van der Waals surface area (Å²) in [6.45, 7) is 5.30. The molecule has 0 fully saturated rings. The highest BCUT2D eigenvalue weighted by molar-refractivity contribution is 7.18. The molecule has 9 heteroatoms. The zero-order chi connectivity index (χ0) is 19.6. The summed E-state index contributed by atoms with van der Waals surface area (Å²) >= 11 is 1.36. The van der Waals surface area contributed by atoms with E-state index in [1.165, 1.54) is 17.4 Å². The van der Waals surface area contributed by atoms with E-state index < -0.39 is 11.9 Å². The van der Waals surface area contributed by atoms with Gasteiger partial charge in [0, 0.05) is 12.6 Å². The predicted molar refractivity (Wildman–Crippen MR) is 101 cm³/mol. The number of nitrogens with zero attached hydrogens (tertiary/aromatic N) is 4. The SMILES string of the molecule is Cc1nc2nc(N[C@@H](C)c3cncc(F)c3)nc(C(=O)CC[C@H](C)O)c2s1. The lowest BCUT2D eigenvalue weighted by Gasteiger charge is -2.14. The van der Waals surface area contributed by atoms with Crippen LogP contribution in [0.5, 0.6) is 0 Å². The van der Waals surface area contributed by atoms with Crippen LogP contribution in [0.4, 0.5) is 10.3 Å². The highest BCUT2D eigenvalue weighted by Crippen LogP contribution is 2.27. The highest BCUT2D eigenvalue weighted by Gasteiger charge is 2.19. The first kappa shape index (κ1) is 19.2. The number of nitrogens with one attached hydrogen (secondary N) is 1. The van der Waals surface area contributed by atoms with Crippen molar-refractivity contribution in [3.05, 3.63) is 40.5 Å². The number of aliphatic hydroxyl groups is 1. The van der Waals surface area contributed by atoms with Gasteiger partial charge in [0.15, 0.2) is 11.4 Å². The number of hydrogen-bond donors (Lipinski definition) is 2. The Morgan fingerprint density at radius 1 is 1.30 bits per heavy atom. The van der Waals surface area contributed by atoms with Crippen molar-refractivity contribution in [2.75, 3.05) is 5.32 Å². The third kappa shape index (κ3) is 4.61. The molecule has 0 unspecified atom stereocenters. The molecule has 3 heterocycles. The Balaban J connectivity index is 1.92. The molecule has 3 rings (SSSR count). The molecule has 0 amide bonds. The Morgan fingerprint density at radius 3 is 2.78 bits per heavy atom. The molecule has 0 saturated heterocycles. The number of anilines is 1. The topological polar surface area (TPSA) is 101 Å². The Labute approximate surface area is 159 Å². The number of fused-ring (bicyclic) bond motifs is 1. The lowest BCUT2D eigenvalue weighted by Crippen LogP contribution is -2.13. The minimum Gasteiger partial charge on any atom is -0.393 e. The van der Waals surface area contributed by atoms with Crippen LogP contribution in [0.1, 0.15) is 53.8 Å². The maximum absolute atomic E-state index is 13.4. The van der Waals surface area contributed by atoms with Crippen LogP contribution in [-0.2, 0) is 0 Å². The summed E-state index contributed by atoms with van der Waals surface area (Å²) in [5, 5.41) is 13.3. The van der Waals surface area contributed by atoms with E-state index in [1.807, 2.05) is 13.8 Å². The van der Waals surface area contributed by atoms with Gasteiger partial charge in [0.2, 0.25) is 5.95 Å². The zero-order valence-corrected chi connectivity index (χ0v) is 16.0. The van der Waals surface area contributed by atoms with Crippen LogP contribution in [-0.4, -0.2) is 36.9 Å². The first-order chi connectivity index (χ1) is 12.8. The van der Waals surface area contributed by atoms with Crippen molar-refractivity contribution < 1.29 is 14.3 Å². The third-order valence-electron chi connectivity index (χ3n) is 3.99. The van der Waals surface area contributed by atoms with Crippen LogP contribution in [0.15, 0.2) is 18.5 Å². The number of halogens is 1. The fourth-order valence-electron chi connectivity index (χ4n) is 2.58. The second-order valence-electron chi connectivity index (χ2n) is 6.39. The summed E-state index contributed by atoms with van der Waals surface area (Å²) in [6, 6.07) is 1.07. The number of aliphatic hydroxyl groups excluding tert-OH is 1. The predicted octanol–water partition coefficient (Wildman–Crippen LogP) is 3.45. The summed E-state index contributed by atoms with van der Waals surface area (Å²) in [7, 11) is 0. The van der Waals surface area contributed by atoms with Gasteiger partial charge in [0.05, 0.1) is 23.4 Å². The minimum atomic E-state index is -0.562. The standard InChI is InChI=1S/C18H20FN5O2S/c1-9(25)4-5-14(26)15-16-17(22-11(3)27-16)24-18(23-15)21-10(2)12-6-13(19)8-20-7-12/h6-10,25H,4-5H2,1-3H3,(H,21,23,24)/t9-,10-/m0/s1. The quantitative estimate of drug-likeness (QED) is 0.597. The third-order valence-corrected chi connectivity index (χ3v) is 4.95. The molecule has 2 N–H and O–H groups in total. The lowest BCUT2D eigenvalue weighted by atomic mass is 10.1. The van der Waals surface area contributed by atoms with E-state index >= 15 is 0 Å². The molecule has 0 aliphatic carbocycles. The summed E-state index contributed by atoms with van der Waals surface area (Å²) in [4.78, 5) is 29.6. The average molecular weight is 389 g/mol. The van der Waals surface area contributed by atoms with Crippen molar-refractivity contribution in [1.29, 1.82) is 0 Å². The number of pyridine rings is 1. The Morgan fingerprint density at radius 2 is 2.07 bits per heavy atom. The van der Waals surface area contributed by atoms with Crippen LogP contribution < -0.4 is 5.32 Å². The molecular weight excluding hydrogens is 369 g/mol. The van der Waals surface area contributed by atoms with E-state index in [0.29, 0.717) is 28.0 Å². The molecule has 27 heavy (non-hydrogen) atoms. The summed E-state index contributed by atoms with van der Waals surface area (Å²) in [6.07, 6.45) is 2.67. The van der Waals surface area contributed by atoms with Crippen molar-refractivity contribution in [1.82, 2.24) is 19.9 Å². The van der Waals surface area contributed by atoms with E-state index in [1.54, 1.807) is 13.1 Å². The number of hydrogen-bond acceptors (Lipinski definition) is 8. The molecule has 0 spiro atoms. The molecule has 0 aliphatic rings. The molecule has 0 aromatic carbocycles. The lowest BCUT2D eigenvalue weighted by molar-refractivity contribution is 0.0946. The maximum Gasteiger partial charge on any atom is 0.225 e. The molecule has 0 aliphatic heterocycles. The minimum absolute atomic E-state index is 0.171. The van der Waals surface area contributed by atoms with Crippen LogP contribution in [0.2, 0.25) is 0 Å². The van der Waals surface area contributed by atoms with Crippen LogP contribution in [0.25, 0.3) is 10.3 Å². The number of rotatable bonds is 7. The molecule has 2 atom stereocenters. The largest absolute Gasteiger partial charge is 0.393 e. The average Bonchev–Trinajstić information content (AvgIpc) is 2.98. The van der Waals surface area contributed by atoms with E-state index in [-0.39, 0.29) is 24.2 Å². The second kappa shape index (κ2) is 8.01. The van der Waals surface area contributed by atoms with Crippen molar-refractivity contribution in [3.8, 4) is 0 Å². The first-order valence-electron chi connectivity index (χ1n) is 8.57. The Hall–Kier alpha value is -2.52. The van der Waals surface area contributed by atoms with E-state index in [0.717, 1.165) is 11.2 Å². The molecular formula is C18H20FN5O2S. The maximum atomic E-state index is 13.4. The number of carbonyl (C=O) groups is 1. The van der Waals surface area contributed by atoms with Crippen molar-refractivity contribution >= 4 is 33.4 Å². The number of ketones is 1. The second-order valence-corrected chi connectivity index (χ2v) is 7.60. The number of aromatic nitrogens is 4. The molecule has 0 bridgehead atoms. The normalized spacial score (nSPS) is 13.5. The van der Waals surface area contributed by atoms with E-state index in [4.69, 9.17) is 0 Å². The summed E-state index contributed by atoms with van der Waals surface area (Å²) in [5.74, 6) is -0.360. The van der Waals surface area contributed by atoms with Crippen molar-refractivity contribution in [3.63, 3.8) is 0 Å². The smallest absolute Gasteiger partial charge is 0.225 e. The fraction of sp³-hybridized carbons (Fsp3) is 0.389. The van der Waals surface area contributed by atoms with Gasteiger partial charge in [-0.2, -0.15) is 4.98 Å². The molecule has 0 saturated carbocycles. The first-order valence-corrected chi connectivity index (χ1v) is 9.38. The summed E-state index contributed by atoms with van der Waals surface area (Å²) in [5.41, 5.74) is 1.37. The van der Waals surface area contributed by atoms with Crippen LogP contribution in [0.3, 0.4) is 0 Å². The van der Waals surface area contributed by atoms with Gasteiger partial charge in [0.1, 0.15) is 16.2 Å². The molecule has 7 nitrogen and oxygen atoms in total. The van der Waals surface area contributed by atoms with Gasteiger partial charge in [-0.3, -0.25) is 9.78 Å². The van der Waals surface area contributed by atoms with Crippen molar-refractivity contribution in [2.24, 2.45) is 0 Å². The van der Waals surface area contributed by atoms with Crippen LogP contribution in [0, 0.1) is 12.7 Å². The van der Waals surface area contributed by atoms with Crippen molar-refractivity contribution in [2.45, 2.75) is 45.8 Å². The van der Waals surface area contributed by atoms with Gasteiger partial charge >= 0.3 is 0 Å². The van der Waals surface area contributed by atoms with E-state index in [9.17, 15) is 14.3 Å². The molecule has 142 valence electrons. The van der Waals surface area contributed by atoms with Crippen LogP contribution >= 0.6 is 11.3 Å². The molecule has 3 aromatic rings. The Bertz CT molecular complexity index is 976. The van der Waals surface area contributed by atoms with E-state index in [2.05, 4.69) is 25.3 Å². The van der Waals surface area contributed by atoms with Gasteiger partial charge in [-0.1, -0.05) is 0 Å². The number of carbonyl (C=O) groups excluding carboxylic acids is 1. The Kier molecular flexibility index (Phi) is 5.71. The number of thiazole rings is 1. The molecule has 3 aromatic heterocycles. The summed E-state index contributed by atoms with van der Waals surface area (Å²) < 4.78 is 14.0. The van der Waals surface area contributed by atoms with Gasteiger partial charge in [-0.25, -0.2) is 14.4 Å². The van der Waals surface area contributed by atoms with Gasteiger partial charge in [0.25, 0.3) is 0 Å². The number of Topliss-reactive ketones (excluding diaryl/α,β-unsaturated/α-hetero) is 1. The van der Waals surface area contributed by atoms with Gasteiger partial charge in [-0.15, -0.1) is 11.3 Å². The number of aryl methyl sites for hydroxylation is 1. The fourth-order valence-corrected chi connectivity index (χ4v) is 3.45.